The lowest BCUT2D eigenvalue weighted by atomic mass is 10.2. The van der Waals surface area contributed by atoms with Crippen molar-refractivity contribution < 1.29 is 14.3 Å². The monoisotopic (exact) mass is 222 g/mol. The molecule has 0 aliphatic carbocycles. The van der Waals surface area contributed by atoms with Crippen molar-refractivity contribution in [3.63, 3.8) is 0 Å². The Balaban J connectivity index is 2.20. The first-order valence-electron chi connectivity index (χ1n) is 5.45. The number of rotatable bonds is 8. The molecule has 0 N–H and O–H groups in total. The van der Waals surface area contributed by atoms with Crippen LogP contribution in [0.3, 0.4) is 0 Å². The second kappa shape index (κ2) is 8.02. The number of ether oxygens (including phenoxy) is 2. The van der Waals surface area contributed by atoms with Gasteiger partial charge in [0.2, 0.25) is 0 Å². The first-order valence-corrected chi connectivity index (χ1v) is 5.45. The van der Waals surface area contributed by atoms with Gasteiger partial charge in [0, 0.05) is 13.5 Å². The zero-order valence-electron chi connectivity index (χ0n) is 9.59. The van der Waals surface area contributed by atoms with E-state index < -0.39 is 0 Å². The number of aldehydes is 1. The highest BCUT2D eigenvalue weighted by molar-refractivity contribution is 5.49. The van der Waals surface area contributed by atoms with Gasteiger partial charge in [-0.25, -0.2) is 0 Å². The van der Waals surface area contributed by atoms with Crippen LogP contribution in [0.5, 0.6) is 0 Å². The second-order valence-electron chi connectivity index (χ2n) is 3.60. The van der Waals surface area contributed by atoms with E-state index in [1.807, 2.05) is 30.3 Å². The van der Waals surface area contributed by atoms with Crippen LogP contribution in [0.25, 0.3) is 0 Å². The molecular weight excluding hydrogens is 204 g/mol. The minimum Gasteiger partial charge on any atom is -0.379 e. The first-order chi connectivity index (χ1) is 7.86. The van der Waals surface area contributed by atoms with Crippen molar-refractivity contribution in [2.75, 3.05) is 13.7 Å². The predicted molar refractivity (Wildman–Crippen MR) is 62.2 cm³/mol. The molecule has 0 aliphatic heterocycles. The van der Waals surface area contributed by atoms with Crippen LogP contribution in [-0.2, 0) is 20.9 Å². The molecule has 0 heterocycles. The maximum atomic E-state index is 10.2. The van der Waals surface area contributed by atoms with Gasteiger partial charge in [-0.2, -0.15) is 0 Å². The Morgan fingerprint density at radius 1 is 1.31 bits per heavy atom. The minimum atomic E-state index is 0.00825. The topological polar surface area (TPSA) is 35.5 Å². The third kappa shape index (κ3) is 5.05. The number of benzene rings is 1. The van der Waals surface area contributed by atoms with Crippen molar-refractivity contribution in [1.29, 1.82) is 0 Å². The highest BCUT2D eigenvalue weighted by atomic mass is 16.5. The average Bonchev–Trinajstić information content (AvgIpc) is 2.35. The van der Waals surface area contributed by atoms with Gasteiger partial charge in [0.15, 0.2) is 0 Å². The molecule has 1 atom stereocenters. The summed E-state index contributed by atoms with van der Waals surface area (Å²) in [7, 11) is 1.64. The molecule has 0 saturated heterocycles. The Kier molecular flexibility index (Phi) is 6.45. The quantitative estimate of drug-likeness (QED) is 0.632. The standard InChI is InChI=1S/C13H18O3/c1-15-13(8-5-9-14)11-16-10-12-6-3-2-4-7-12/h2-4,6-7,9,13H,5,8,10-11H2,1H3. The van der Waals surface area contributed by atoms with Crippen LogP contribution >= 0.6 is 0 Å². The third-order valence-electron chi connectivity index (χ3n) is 2.36. The molecule has 1 aromatic rings. The molecule has 1 unspecified atom stereocenters. The highest BCUT2D eigenvalue weighted by Gasteiger charge is 2.06. The van der Waals surface area contributed by atoms with Crippen molar-refractivity contribution in [3.05, 3.63) is 35.9 Å². The molecule has 0 radical (unpaired) electrons. The van der Waals surface area contributed by atoms with Gasteiger partial charge < -0.3 is 14.3 Å². The molecule has 0 amide bonds. The summed E-state index contributed by atoms with van der Waals surface area (Å²) < 4.78 is 10.7. The number of methoxy groups -OCH3 is 1. The van der Waals surface area contributed by atoms with Gasteiger partial charge in [-0.15, -0.1) is 0 Å². The first kappa shape index (κ1) is 12.9. The van der Waals surface area contributed by atoms with Crippen LogP contribution in [0.4, 0.5) is 0 Å². The summed E-state index contributed by atoms with van der Waals surface area (Å²) in [5.41, 5.74) is 1.15. The minimum absolute atomic E-state index is 0.00825. The lowest BCUT2D eigenvalue weighted by molar-refractivity contribution is -0.108. The smallest absolute Gasteiger partial charge is 0.120 e. The van der Waals surface area contributed by atoms with Crippen LogP contribution in [0.2, 0.25) is 0 Å². The Hall–Kier alpha value is -1.19. The molecule has 88 valence electrons. The zero-order chi connectivity index (χ0) is 11.6. The molecule has 0 spiro atoms. The van der Waals surface area contributed by atoms with Gasteiger partial charge in [-0.1, -0.05) is 30.3 Å². The number of hydrogen-bond acceptors (Lipinski definition) is 3. The summed E-state index contributed by atoms with van der Waals surface area (Å²) in [5.74, 6) is 0. The van der Waals surface area contributed by atoms with Gasteiger partial charge in [0.1, 0.15) is 6.29 Å². The normalized spacial score (nSPS) is 12.3. The van der Waals surface area contributed by atoms with Crippen molar-refractivity contribution in [3.8, 4) is 0 Å². The fraction of sp³-hybridized carbons (Fsp3) is 0.462. The van der Waals surface area contributed by atoms with Crippen LogP contribution in [0.15, 0.2) is 30.3 Å². The van der Waals surface area contributed by atoms with Gasteiger partial charge in [-0.3, -0.25) is 0 Å². The van der Waals surface area contributed by atoms with Crippen LogP contribution in [-0.4, -0.2) is 26.1 Å². The summed E-state index contributed by atoms with van der Waals surface area (Å²) in [5, 5.41) is 0. The predicted octanol–water partition coefficient (Wildman–Crippen LogP) is 2.20. The van der Waals surface area contributed by atoms with Crippen molar-refractivity contribution in [2.45, 2.75) is 25.6 Å². The van der Waals surface area contributed by atoms with Crippen molar-refractivity contribution in [1.82, 2.24) is 0 Å². The Bertz CT molecular complexity index is 284. The van der Waals surface area contributed by atoms with E-state index in [0.29, 0.717) is 19.6 Å². The van der Waals surface area contributed by atoms with Gasteiger partial charge in [0.05, 0.1) is 19.3 Å². The van der Waals surface area contributed by atoms with Crippen LogP contribution in [0, 0.1) is 0 Å². The van der Waals surface area contributed by atoms with Crippen LogP contribution in [0.1, 0.15) is 18.4 Å². The van der Waals surface area contributed by atoms with E-state index in [1.165, 1.54) is 0 Å². The third-order valence-corrected chi connectivity index (χ3v) is 2.36. The lowest BCUT2D eigenvalue weighted by Crippen LogP contribution is -2.18. The molecule has 0 bridgehead atoms. The largest absolute Gasteiger partial charge is 0.379 e. The molecule has 1 rings (SSSR count). The lowest BCUT2D eigenvalue weighted by Gasteiger charge is -2.14. The average molecular weight is 222 g/mol. The number of carbonyl (C=O) groups is 1. The van der Waals surface area contributed by atoms with E-state index >= 15 is 0 Å². The van der Waals surface area contributed by atoms with Gasteiger partial charge in [-0.05, 0) is 12.0 Å². The molecule has 3 heteroatoms. The molecule has 0 saturated carbocycles. The molecule has 3 nitrogen and oxygen atoms in total. The van der Waals surface area contributed by atoms with E-state index in [4.69, 9.17) is 9.47 Å². The van der Waals surface area contributed by atoms with E-state index in [0.717, 1.165) is 18.3 Å². The van der Waals surface area contributed by atoms with Crippen LogP contribution < -0.4 is 0 Å². The second-order valence-corrected chi connectivity index (χ2v) is 3.60. The highest BCUT2D eigenvalue weighted by Crippen LogP contribution is 2.04. The fourth-order valence-corrected chi connectivity index (χ4v) is 1.41. The van der Waals surface area contributed by atoms with Crippen molar-refractivity contribution in [2.24, 2.45) is 0 Å². The van der Waals surface area contributed by atoms with E-state index in [1.54, 1.807) is 7.11 Å². The summed E-state index contributed by atoms with van der Waals surface area (Å²) in [4.78, 5) is 10.2. The van der Waals surface area contributed by atoms with Gasteiger partial charge in [0.25, 0.3) is 0 Å². The Labute approximate surface area is 96.4 Å². The van der Waals surface area contributed by atoms with Gasteiger partial charge >= 0.3 is 0 Å². The summed E-state index contributed by atoms with van der Waals surface area (Å²) >= 11 is 0. The maximum absolute atomic E-state index is 10.2. The van der Waals surface area contributed by atoms with Crippen molar-refractivity contribution >= 4 is 6.29 Å². The zero-order valence-corrected chi connectivity index (χ0v) is 9.59. The molecule has 16 heavy (non-hydrogen) atoms. The Morgan fingerprint density at radius 2 is 2.06 bits per heavy atom. The molecule has 0 fully saturated rings. The molecule has 1 aromatic carbocycles. The summed E-state index contributed by atoms with van der Waals surface area (Å²) in [6.45, 7) is 1.11. The number of hydrogen-bond donors (Lipinski definition) is 0. The maximum Gasteiger partial charge on any atom is 0.120 e. The fourth-order valence-electron chi connectivity index (χ4n) is 1.41. The summed E-state index contributed by atoms with van der Waals surface area (Å²) in [6.07, 6.45) is 2.15. The summed E-state index contributed by atoms with van der Waals surface area (Å²) in [6, 6.07) is 9.99. The van der Waals surface area contributed by atoms with E-state index in [2.05, 4.69) is 0 Å². The molecule has 0 aromatic heterocycles. The molecule has 0 aliphatic rings. The van der Waals surface area contributed by atoms with E-state index in [9.17, 15) is 4.79 Å². The number of carbonyl (C=O) groups excluding carboxylic acids is 1. The SMILES string of the molecule is COC(CCC=O)COCc1ccccc1. The molecular formula is C13H18O3. The van der Waals surface area contributed by atoms with E-state index in [-0.39, 0.29) is 6.10 Å². The Morgan fingerprint density at radius 3 is 2.69 bits per heavy atom.